The Morgan fingerprint density at radius 2 is 1.79 bits per heavy atom. The van der Waals surface area contributed by atoms with Gasteiger partial charge in [0, 0.05) is 25.2 Å². The standard InChI is InChI=1S/C23H25FN4O5S/c24-16-1-3-19-20(13-16)28(23(29)15-25-19)10-9-27-7-5-17(6-8-27)26-34(30,31)18-2-4-21-22(14-18)33-12-11-32-21/h1-4,13-15,17,26H,5-12H2. The number of rotatable bonds is 6. The molecular weight excluding hydrogens is 463 g/mol. The van der Waals surface area contributed by atoms with Crippen LogP contribution in [0.2, 0.25) is 0 Å². The zero-order valence-corrected chi connectivity index (χ0v) is 19.3. The van der Waals surface area contributed by atoms with Crippen LogP contribution in [-0.4, -0.2) is 61.8 Å². The SMILES string of the molecule is O=c1cnc2ccc(F)cc2n1CCN1CCC(NS(=O)(=O)c2ccc3c(c2)OCCO3)CC1. The molecule has 1 aromatic heterocycles. The first kappa shape index (κ1) is 22.8. The molecule has 180 valence electrons. The molecule has 0 unspecified atom stereocenters. The molecule has 2 aromatic carbocycles. The monoisotopic (exact) mass is 488 g/mol. The van der Waals surface area contributed by atoms with Gasteiger partial charge in [0.15, 0.2) is 11.5 Å². The summed E-state index contributed by atoms with van der Waals surface area (Å²) in [6.07, 6.45) is 2.54. The van der Waals surface area contributed by atoms with Crippen LogP contribution < -0.4 is 19.8 Å². The average molecular weight is 489 g/mol. The van der Waals surface area contributed by atoms with E-state index >= 15 is 0 Å². The van der Waals surface area contributed by atoms with Crippen LogP contribution in [0.15, 0.2) is 52.3 Å². The number of sulfonamides is 1. The first-order valence-electron chi connectivity index (χ1n) is 11.2. The molecule has 34 heavy (non-hydrogen) atoms. The van der Waals surface area contributed by atoms with Gasteiger partial charge in [0.25, 0.3) is 5.56 Å². The van der Waals surface area contributed by atoms with Crippen molar-refractivity contribution in [3.63, 3.8) is 0 Å². The molecule has 0 spiro atoms. The van der Waals surface area contributed by atoms with Crippen molar-refractivity contribution in [2.45, 2.75) is 30.3 Å². The Labute approximate surface area is 196 Å². The number of nitrogens with one attached hydrogen (secondary N) is 1. The Bertz CT molecular complexity index is 1370. The summed E-state index contributed by atoms with van der Waals surface area (Å²) < 4.78 is 54.7. The normalized spacial score (nSPS) is 17.2. The van der Waals surface area contributed by atoms with E-state index in [9.17, 15) is 17.6 Å². The molecular formula is C23H25FN4O5S. The van der Waals surface area contributed by atoms with Gasteiger partial charge in [0.05, 0.1) is 22.1 Å². The topological polar surface area (TPSA) is 103 Å². The molecule has 9 nitrogen and oxygen atoms in total. The van der Waals surface area contributed by atoms with Crippen LogP contribution >= 0.6 is 0 Å². The number of fused-ring (bicyclic) bond motifs is 2. The molecule has 5 rings (SSSR count). The maximum atomic E-state index is 13.7. The summed E-state index contributed by atoms with van der Waals surface area (Å²) in [5.41, 5.74) is 0.753. The minimum absolute atomic E-state index is 0.148. The second kappa shape index (κ2) is 9.32. The Balaban J connectivity index is 1.19. The summed E-state index contributed by atoms with van der Waals surface area (Å²) in [6.45, 7) is 3.19. The lowest BCUT2D eigenvalue weighted by molar-refractivity contribution is 0.171. The van der Waals surface area contributed by atoms with Gasteiger partial charge in [-0.05, 0) is 56.3 Å². The summed E-state index contributed by atoms with van der Waals surface area (Å²) >= 11 is 0. The van der Waals surface area contributed by atoms with Crippen molar-refractivity contribution in [3.8, 4) is 11.5 Å². The smallest absolute Gasteiger partial charge is 0.269 e. The quantitative estimate of drug-likeness (QED) is 0.564. The Morgan fingerprint density at radius 1 is 1.03 bits per heavy atom. The Kier molecular flexibility index (Phi) is 6.24. The second-order valence-electron chi connectivity index (χ2n) is 8.42. The van der Waals surface area contributed by atoms with Gasteiger partial charge in [0.2, 0.25) is 10.0 Å². The van der Waals surface area contributed by atoms with Gasteiger partial charge in [-0.1, -0.05) is 0 Å². The van der Waals surface area contributed by atoms with Crippen LogP contribution in [0, 0.1) is 5.82 Å². The average Bonchev–Trinajstić information content (AvgIpc) is 2.84. The molecule has 0 atom stereocenters. The van der Waals surface area contributed by atoms with Crippen LogP contribution in [0.25, 0.3) is 11.0 Å². The van der Waals surface area contributed by atoms with E-state index in [-0.39, 0.29) is 16.5 Å². The number of hydrogen-bond donors (Lipinski definition) is 1. The third-order valence-electron chi connectivity index (χ3n) is 6.18. The van der Waals surface area contributed by atoms with E-state index < -0.39 is 15.8 Å². The number of benzene rings is 2. The summed E-state index contributed by atoms with van der Waals surface area (Å²) in [6, 6.07) is 8.63. The highest BCUT2D eigenvalue weighted by molar-refractivity contribution is 7.89. The predicted octanol–water partition coefficient (Wildman–Crippen LogP) is 1.75. The number of likely N-dealkylation sites (tertiary alicyclic amines) is 1. The van der Waals surface area contributed by atoms with Crippen LogP contribution in [0.4, 0.5) is 4.39 Å². The van der Waals surface area contributed by atoms with Crippen LogP contribution in [0.1, 0.15) is 12.8 Å². The number of nitrogens with zero attached hydrogens (tertiary/aromatic N) is 3. The molecule has 2 aliphatic heterocycles. The molecule has 0 amide bonds. The van der Waals surface area contributed by atoms with Gasteiger partial charge in [-0.3, -0.25) is 4.79 Å². The lowest BCUT2D eigenvalue weighted by atomic mass is 10.1. The summed E-state index contributed by atoms with van der Waals surface area (Å²) in [4.78, 5) is 18.7. The molecule has 0 radical (unpaired) electrons. The highest BCUT2D eigenvalue weighted by Gasteiger charge is 2.26. The lowest BCUT2D eigenvalue weighted by Crippen LogP contribution is -2.45. The third kappa shape index (κ3) is 4.77. The summed E-state index contributed by atoms with van der Waals surface area (Å²) in [5, 5.41) is 0. The molecule has 3 heterocycles. The van der Waals surface area contributed by atoms with E-state index in [0.717, 1.165) is 0 Å². The van der Waals surface area contributed by atoms with Gasteiger partial charge in [-0.15, -0.1) is 0 Å². The first-order chi connectivity index (χ1) is 16.4. The summed E-state index contributed by atoms with van der Waals surface area (Å²) in [7, 11) is -3.69. The minimum Gasteiger partial charge on any atom is -0.486 e. The van der Waals surface area contributed by atoms with Crippen molar-refractivity contribution < 1.29 is 22.3 Å². The zero-order valence-electron chi connectivity index (χ0n) is 18.4. The van der Waals surface area contributed by atoms with Crippen molar-refractivity contribution in [2.24, 2.45) is 0 Å². The van der Waals surface area contributed by atoms with E-state index in [4.69, 9.17) is 9.47 Å². The minimum atomic E-state index is -3.69. The van der Waals surface area contributed by atoms with Crippen molar-refractivity contribution in [3.05, 3.63) is 58.8 Å². The summed E-state index contributed by atoms with van der Waals surface area (Å²) in [5.74, 6) is 0.560. The fourth-order valence-corrected chi connectivity index (χ4v) is 5.68. The van der Waals surface area contributed by atoms with E-state index in [2.05, 4.69) is 14.6 Å². The van der Waals surface area contributed by atoms with E-state index in [0.29, 0.717) is 74.8 Å². The molecule has 0 aliphatic carbocycles. The highest BCUT2D eigenvalue weighted by Crippen LogP contribution is 2.32. The van der Waals surface area contributed by atoms with Gasteiger partial charge in [-0.2, -0.15) is 0 Å². The number of aromatic nitrogens is 2. The van der Waals surface area contributed by atoms with Crippen LogP contribution in [0.3, 0.4) is 0 Å². The highest BCUT2D eigenvalue weighted by atomic mass is 32.2. The van der Waals surface area contributed by atoms with Gasteiger partial charge in [0.1, 0.15) is 19.0 Å². The van der Waals surface area contributed by atoms with Crippen molar-refractivity contribution in [2.75, 3.05) is 32.8 Å². The zero-order chi connectivity index (χ0) is 23.7. The lowest BCUT2D eigenvalue weighted by Gasteiger charge is -2.32. The number of halogens is 1. The van der Waals surface area contributed by atoms with Crippen LogP contribution in [-0.2, 0) is 16.6 Å². The van der Waals surface area contributed by atoms with Crippen molar-refractivity contribution in [1.82, 2.24) is 19.2 Å². The molecule has 3 aromatic rings. The molecule has 0 saturated carbocycles. The van der Waals surface area contributed by atoms with E-state index in [1.807, 2.05) is 0 Å². The van der Waals surface area contributed by atoms with E-state index in [1.54, 1.807) is 12.1 Å². The fraction of sp³-hybridized carbons (Fsp3) is 0.391. The predicted molar refractivity (Wildman–Crippen MR) is 123 cm³/mol. The Morgan fingerprint density at radius 3 is 2.59 bits per heavy atom. The first-order valence-corrected chi connectivity index (χ1v) is 12.7. The van der Waals surface area contributed by atoms with Gasteiger partial charge < -0.3 is 18.9 Å². The van der Waals surface area contributed by atoms with Gasteiger partial charge >= 0.3 is 0 Å². The second-order valence-corrected chi connectivity index (χ2v) is 10.1. The number of hydrogen-bond acceptors (Lipinski definition) is 7. The molecule has 0 bridgehead atoms. The van der Waals surface area contributed by atoms with E-state index in [1.165, 1.54) is 35.0 Å². The number of ether oxygens (including phenoxy) is 2. The molecule has 1 saturated heterocycles. The largest absolute Gasteiger partial charge is 0.486 e. The fourth-order valence-electron chi connectivity index (χ4n) is 4.36. The third-order valence-corrected chi connectivity index (χ3v) is 7.70. The van der Waals surface area contributed by atoms with Crippen LogP contribution in [0.5, 0.6) is 11.5 Å². The van der Waals surface area contributed by atoms with Crippen molar-refractivity contribution in [1.29, 1.82) is 0 Å². The van der Waals surface area contributed by atoms with Gasteiger partial charge in [-0.25, -0.2) is 22.5 Å². The molecule has 1 fully saturated rings. The Hall–Kier alpha value is -3.02. The maximum Gasteiger partial charge on any atom is 0.269 e. The molecule has 11 heteroatoms. The number of piperidine rings is 1. The molecule has 2 aliphatic rings. The molecule has 1 N–H and O–H groups in total. The maximum absolute atomic E-state index is 13.7. The van der Waals surface area contributed by atoms with Crippen molar-refractivity contribution >= 4 is 21.1 Å².